The molecule has 1 aliphatic rings. The average molecular weight is 420 g/mol. The highest BCUT2D eigenvalue weighted by atomic mass is 35.5. The molecular weight excluding hydrogens is 394 g/mol. The first kappa shape index (κ1) is 20.9. The van der Waals surface area contributed by atoms with E-state index in [4.69, 9.17) is 11.6 Å². The van der Waals surface area contributed by atoms with E-state index in [0.29, 0.717) is 11.4 Å². The molecular formula is C22H26ClNO3S. The van der Waals surface area contributed by atoms with Gasteiger partial charge in [-0.15, -0.1) is 0 Å². The molecule has 150 valence electrons. The lowest BCUT2D eigenvalue weighted by atomic mass is 9.75. The summed E-state index contributed by atoms with van der Waals surface area (Å²) >= 11 is 6.03. The van der Waals surface area contributed by atoms with Gasteiger partial charge in [-0.3, -0.25) is 4.79 Å². The maximum absolute atomic E-state index is 13.1. The highest BCUT2D eigenvalue weighted by Crippen LogP contribution is 2.43. The molecule has 1 atom stereocenters. The van der Waals surface area contributed by atoms with Gasteiger partial charge in [0.15, 0.2) is 0 Å². The molecule has 0 aliphatic carbocycles. The molecule has 0 saturated carbocycles. The van der Waals surface area contributed by atoms with Crippen molar-refractivity contribution in [3.05, 3.63) is 64.7 Å². The van der Waals surface area contributed by atoms with E-state index in [2.05, 4.69) is 20.8 Å². The number of rotatable bonds is 4. The minimum atomic E-state index is -3.90. The molecule has 2 aromatic rings. The third-order valence-electron chi connectivity index (χ3n) is 5.46. The summed E-state index contributed by atoms with van der Waals surface area (Å²) in [5.74, 6) is -0.778. The van der Waals surface area contributed by atoms with Crippen LogP contribution < -0.4 is 0 Å². The van der Waals surface area contributed by atoms with Crippen LogP contribution in [-0.2, 0) is 26.7 Å². The van der Waals surface area contributed by atoms with Crippen LogP contribution in [-0.4, -0.2) is 24.2 Å². The minimum absolute atomic E-state index is 0.0732. The predicted molar refractivity (Wildman–Crippen MR) is 112 cm³/mol. The molecule has 6 heteroatoms. The number of benzene rings is 2. The zero-order valence-electron chi connectivity index (χ0n) is 16.9. The van der Waals surface area contributed by atoms with Crippen LogP contribution in [0.15, 0.2) is 53.4 Å². The molecule has 2 aromatic carbocycles. The number of amides is 1. The van der Waals surface area contributed by atoms with Gasteiger partial charge < -0.3 is 0 Å². The normalized spacial score (nSPS) is 19.4. The monoisotopic (exact) mass is 419 g/mol. The molecule has 1 fully saturated rings. The highest BCUT2D eigenvalue weighted by Gasteiger charge is 2.59. The Hall–Kier alpha value is -1.85. The van der Waals surface area contributed by atoms with Crippen molar-refractivity contribution in [2.24, 2.45) is 5.92 Å². The summed E-state index contributed by atoms with van der Waals surface area (Å²) in [6, 6.07) is 14.1. The van der Waals surface area contributed by atoms with Gasteiger partial charge in [-0.1, -0.05) is 56.6 Å². The summed E-state index contributed by atoms with van der Waals surface area (Å²) in [5.41, 5.74) is 1.09. The van der Waals surface area contributed by atoms with Gasteiger partial charge in [0.2, 0.25) is 5.91 Å². The summed E-state index contributed by atoms with van der Waals surface area (Å²) in [4.78, 5) is 13.0. The third kappa shape index (κ3) is 3.58. The lowest BCUT2D eigenvalue weighted by Crippen LogP contribution is -2.69. The lowest BCUT2D eigenvalue weighted by Gasteiger charge is -2.52. The van der Waals surface area contributed by atoms with E-state index < -0.39 is 21.5 Å². The maximum atomic E-state index is 13.1. The zero-order valence-corrected chi connectivity index (χ0v) is 18.4. The summed E-state index contributed by atoms with van der Waals surface area (Å²) in [5, 5.41) is 0.602. The van der Waals surface area contributed by atoms with Crippen molar-refractivity contribution < 1.29 is 13.2 Å². The van der Waals surface area contributed by atoms with E-state index in [9.17, 15) is 13.2 Å². The van der Waals surface area contributed by atoms with Crippen molar-refractivity contribution in [3.8, 4) is 0 Å². The Morgan fingerprint density at radius 3 is 2.18 bits per heavy atom. The van der Waals surface area contributed by atoms with E-state index in [1.54, 1.807) is 32.0 Å². The first-order chi connectivity index (χ1) is 12.8. The Morgan fingerprint density at radius 2 is 1.68 bits per heavy atom. The fraction of sp³-hybridized carbons (Fsp3) is 0.409. The van der Waals surface area contributed by atoms with Gasteiger partial charge in [0.25, 0.3) is 10.0 Å². The number of hydrogen-bond donors (Lipinski definition) is 0. The van der Waals surface area contributed by atoms with Gasteiger partial charge in [-0.05, 0) is 61.1 Å². The van der Waals surface area contributed by atoms with Crippen molar-refractivity contribution >= 4 is 27.5 Å². The van der Waals surface area contributed by atoms with Crippen LogP contribution in [0.5, 0.6) is 0 Å². The van der Waals surface area contributed by atoms with E-state index in [1.807, 2.05) is 30.3 Å². The van der Waals surface area contributed by atoms with Crippen molar-refractivity contribution in [2.45, 2.75) is 56.9 Å². The van der Waals surface area contributed by atoms with Gasteiger partial charge in [-0.25, -0.2) is 12.7 Å². The zero-order chi connectivity index (χ0) is 20.9. The Labute approximate surface area is 172 Å². The summed E-state index contributed by atoms with van der Waals surface area (Å²) in [6.45, 7) is 9.80. The molecule has 0 N–H and O–H groups in total. The fourth-order valence-electron chi connectivity index (χ4n) is 3.70. The molecule has 1 aliphatic heterocycles. The number of halogens is 1. The smallest absolute Gasteiger partial charge is 0.267 e. The van der Waals surface area contributed by atoms with Crippen LogP contribution >= 0.6 is 11.6 Å². The van der Waals surface area contributed by atoms with E-state index in [1.165, 1.54) is 0 Å². The molecule has 1 heterocycles. The molecule has 1 unspecified atom stereocenters. The lowest BCUT2D eigenvalue weighted by molar-refractivity contribution is -0.153. The fourth-order valence-corrected chi connectivity index (χ4v) is 5.71. The van der Waals surface area contributed by atoms with Gasteiger partial charge in [-0.2, -0.15) is 0 Å². The summed E-state index contributed by atoms with van der Waals surface area (Å²) in [6.07, 6.45) is 0.460. The van der Waals surface area contributed by atoms with Crippen molar-refractivity contribution in [1.29, 1.82) is 0 Å². The highest BCUT2D eigenvalue weighted by molar-refractivity contribution is 7.89. The van der Waals surface area contributed by atoms with Gasteiger partial charge >= 0.3 is 0 Å². The molecule has 1 amide bonds. The maximum Gasteiger partial charge on any atom is 0.267 e. The topological polar surface area (TPSA) is 54.5 Å². The minimum Gasteiger partial charge on any atom is -0.273 e. The molecule has 1 saturated heterocycles. The van der Waals surface area contributed by atoms with Gasteiger partial charge in [0.1, 0.15) is 0 Å². The standard InChI is InChI=1S/C22H26ClNO3S/c1-21(2,3)16-9-11-18(12-10-16)28(26,27)24-20(25)19(22(24,4)5)14-15-7-6-8-17(23)13-15/h6-13,19H,14H2,1-5H3. The van der Waals surface area contributed by atoms with E-state index in [0.717, 1.165) is 15.4 Å². The molecule has 4 nitrogen and oxygen atoms in total. The van der Waals surface area contributed by atoms with Crippen LogP contribution in [0, 0.1) is 5.92 Å². The number of carbonyl (C=O) groups excluding carboxylic acids is 1. The van der Waals surface area contributed by atoms with Crippen LogP contribution in [0.1, 0.15) is 45.7 Å². The van der Waals surface area contributed by atoms with Crippen molar-refractivity contribution in [2.75, 3.05) is 0 Å². The largest absolute Gasteiger partial charge is 0.273 e. The first-order valence-electron chi connectivity index (χ1n) is 9.29. The molecule has 0 spiro atoms. The second-order valence-corrected chi connectivity index (χ2v) is 11.1. The Bertz CT molecular complexity index is 1000. The molecule has 0 bridgehead atoms. The van der Waals surface area contributed by atoms with Crippen LogP contribution in [0.4, 0.5) is 0 Å². The number of β-lactam (4-membered cyclic amide) rings is 1. The Balaban J connectivity index is 1.86. The molecule has 28 heavy (non-hydrogen) atoms. The van der Waals surface area contributed by atoms with Crippen molar-refractivity contribution in [1.82, 2.24) is 4.31 Å². The number of nitrogens with zero attached hydrogens (tertiary/aromatic N) is 1. The predicted octanol–water partition coefficient (Wildman–Crippen LogP) is 4.81. The van der Waals surface area contributed by atoms with Crippen LogP contribution in [0.3, 0.4) is 0 Å². The molecule has 3 rings (SSSR count). The molecule has 0 aromatic heterocycles. The van der Waals surface area contributed by atoms with E-state index >= 15 is 0 Å². The average Bonchev–Trinajstić information content (AvgIpc) is 2.58. The second-order valence-electron chi connectivity index (χ2n) is 8.92. The SMILES string of the molecule is CC(C)(C)c1ccc(S(=O)(=O)N2C(=O)C(Cc3cccc(Cl)c3)C2(C)C)cc1. The van der Waals surface area contributed by atoms with E-state index in [-0.39, 0.29) is 16.2 Å². The van der Waals surface area contributed by atoms with Gasteiger partial charge in [0.05, 0.1) is 16.4 Å². The molecule has 0 radical (unpaired) electrons. The second kappa shape index (κ2) is 6.89. The van der Waals surface area contributed by atoms with Crippen LogP contribution in [0.25, 0.3) is 0 Å². The first-order valence-corrected chi connectivity index (χ1v) is 11.1. The number of hydrogen-bond acceptors (Lipinski definition) is 3. The Kier molecular flexibility index (Phi) is 5.13. The number of sulfonamides is 1. The number of carbonyl (C=O) groups is 1. The third-order valence-corrected chi connectivity index (χ3v) is 7.70. The van der Waals surface area contributed by atoms with Crippen LogP contribution in [0.2, 0.25) is 5.02 Å². The quantitative estimate of drug-likeness (QED) is 0.668. The van der Waals surface area contributed by atoms with Crippen molar-refractivity contribution in [3.63, 3.8) is 0 Å². The van der Waals surface area contributed by atoms with Gasteiger partial charge in [0, 0.05) is 5.02 Å². The summed E-state index contributed by atoms with van der Waals surface area (Å²) < 4.78 is 27.3. The summed E-state index contributed by atoms with van der Waals surface area (Å²) in [7, 11) is -3.90. The Morgan fingerprint density at radius 1 is 1.07 bits per heavy atom.